The maximum atomic E-state index is 15.8. The second-order valence-electron chi connectivity index (χ2n) is 8.52. The van der Waals surface area contributed by atoms with Crippen LogP contribution >= 0.6 is 0 Å². The molecule has 0 aliphatic carbocycles. The predicted octanol–water partition coefficient (Wildman–Crippen LogP) is 3.78. The fourth-order valence-electron chi connectivity index (χ4n) is 4.84. The molecule has 2 aliphatic rings. The Morgan fingerprint density at radius 3 is 2.55 bits per heavy atom. The topological polar surface area (TPSA) is 76.3 Å². The van der Waals surface area contributed by atoms with Crippen LogP contribution in [0.1, 0.15) is 37.1 Å². The maximum Gasteiger partial charge on any atom is 0.260 e. The zero-order valence-electron chi connectivity index (χ0n) is 18.0. The van der Waals surface area contributed by atoms with E-state index in [-0.39, 0.29) is 5.82 Å². The minimum absolute atomic E-state index is 0.317. The molecule has 0 bridgehead atoms. The molecule has 2 aliphatic heterocycles. The Bertz CT molecular complexity index is 1070. The average molecular weight is 426 g/mol. The fourth-order valence-corrected chi connectivity index (χ4v) is 4.84. The number of nitrogens with one attached hydrogen (secondary N) is 1. The zero-order valence-corrected chi connectivity index (χ0v) is 18.0. The van der Waals surface area contributed by atoms with Gasteiger partial charge in [-0.15, -0.1) is 0 Å². The number of hydrogen-bond acceptors (Lipinski definition) is 7. The van der Waals surface area contributed by atoms with Crippen molar-refractivity contribution in [1.29, 1.82) is 0 Å². The number of hydrogen-bond donors (Lipinski definition) is 1. The number of rotatable bonds is 4. The van der Waals surface area contributed by atoms with Crippen LogP contribution in [0.15, 0.2) is 22.9 Å². The smallest absolute Gasteiger partial charge is 0.260 e. The summed E-state index contributed by atoms with van der Waals surface area (Å²) in [4.78, 5) is 10.9. The molecule has 5 rings (SSSR count). The highest BCUT2D eigenvalue weighted by Gasteiger charge is 2.30. The summed E-state index contributed by atoms with van der Waals surface area (Å²) in [6, 6.07) is 4.67. The highest BCUT2D eigenvalue weighted by Crippen LogP contribution is 2.41. The Kier molecular flexibility index (Phi) is 5.58. The van der Waals surface area contributed by atoms with Crippen LogP contribution in [0.5, 0.6) is 0 Å². The normalized spacial score (nSPS) is 18.7. The van der Waals surface area contributed by atoms with E-state index in [1.165, 1.54) is 0 Å². The lowest BCUT2D eigenvalue weighted by Gasteiger charge is -2.37. The van der Waals surface area contributed by atoms with E-state index in [0.29, 0.717) is 40.6 Å². The van der Waals surface area contributed by atoms with Gasteiger partial charge in [-0.05, 0) is 51.2 Å². The molecule has 8 heteroatoms. The summed E-state index contributed by atoms with van der Waals surface area (Å²) >= 11 is 0. The van der Waals surface area contributed by atoms with Gasteiger partial charge in [0, 0.05) is 50.0 Å². The average Bonchev–Trinajstić information content (AvgIpc) is 3.23. The zero-order chi connectivity index (χ0) is 21.4. The molecule has 164 valence electrons. The van der Waals surface area contributed by atoms with Crippen molar-refractivity contribution in [1.82, 2.24) is 20.4 Å². The van der Waals surface area contributed by atoms with Crippen molar-refractivity contribution in [3.63, 3.8) is 0 Å². The molecule has 0 atom stereocenters. The van der Waals surface area contributed by atoms with Crippen LogP contribution in [0.3, 0.4) is 0 Å². The van der Waals surface area contributed by atoms with Gasteiger partial charge >= 0.3 is 0 Å². The minimum Gasteiger partial charge on any atom is -0.381 e. The van der Waals surface area contributed by atoms with Crippen molar-refractivity contribution >= 4 is 16.6 Å². The summed E-state index contributed by atoms with van der Waals surface area (Å²) in [6.07, 6.45) is 5.67. The highest BCUT2D eigenvalue weighted by molar-refractivity contribution is 5.95. The molecule has 2 fully saturated rings. The van der Waals surface area contributed by atoms with Gasteiger partial charge in [0.05, 0.1) is 11.3 Å². The number of piperidine rings is 1. The summed E-state index contributed by atoms with van der Waals surface area (Å²) in [5.74, 6) is 0.575. The van der Waals surface area contributed by atoms with E-state index in [0.717, 1.165) is 62.9 Å². The third kappa shape index (κ3) is 3.90. The fraction of sp³-hybridized carbons (Fsp3) is 0.522. The molecule has 31 heavy (non-hydrogen) atoms. The first-order chi connectivity index (χ1) is 15.1. The standard InChI is InChI=1S/C23H28FN5O2/c1-14-18-4-3-9-25-21(18)20(24)22(19(14)23-26-15(2)28-31-23)29-10-5-16(6-11-29)27-17-7-12-30-13-8-17/h3-4,9,16-17,27H,5-8,10-13H2,1-2H3. The van der Waals surface area contributed by atoms with Crippen LogP contribution in [-0.2, 0) is 4.74 Å². The number of nitrogens with zero attached hydrogens (tertiary/aromatic N) is 4. The lowest BCUT2D eigenvalue weighted by atomic mass is 9.96. The van der Waals surface area contributed by atoms with Gasteiger partial charge in [-0.3, -0.25) is 4.98 Å². The Morgan fingerprint density at radius 1 is 1.10 bits per heavy atom. The van der Waals surface area contributed by atoms with E-state index >= 15 is 4.39 Å². The molecule has 7 nitrogen and oxygen atoms in total. The van der Waals surface area contributed by atoms with Crippen LogP contribution in [-0.4, -0.2) is 53.5 Å². The Balaban J connectivity index is 1.47. The van der Waals surface area contributed by atoms with E-state index in [1.807, 2.05) is 19.1 Å². The van der Waals surface area contributed by atoms with Gasteiger partial charge in [-0.2, -0.15) is 4.98 Å². The van der Waals surface area contributed by atoms with Gasteiger partial charge < -0.3 is 19.5 Å². The SMILES string of the molecule is Cc1noc(-c2c(N3CCC(NC4CCOCC4)CC3)c(F)c3ncccc3c2C)n1. The molecule has 0 spiro atoms. The number of anilines is 1. The van der Waals surface area contributed by atoms with E-state index in [2.05, 4.69) is 25.3 Å². The van der Waals surface area contributed by atoms with Crippen molar-refractivity contribution in [2.24, 2.45) is 0 Å². The van der Waals surface area contributed by atoms with E-state index in [1.54, 1.807) is 13.1 Å². The summed E-state index contributed by atoms with van der Waals surface area (Å²) in [7, 11) is 0. The number of halogens is 1. The molecular weight excluding hydrogens is 397 g/mol. The van der Waals surface area contributed by atoms with Gasteiger partial charge in [-0.25, -0.2) is 4.39 Å². The van der Waals surface area contributed by atoms with Crippen molar-refractivity contribution < 1.29 is 13.7 Å². The van der Waals surface area contributed by atoms with Crippen molar-refractivity contribution in [3.05, 3.63) is 35.5 Å². The molecule has 0 unspecified atom stereocenters. The summed E-state index contributed by atoms with van der Waals surface area (Å²) < 4.78 is 26.8. The van der Waals surface area contributed by atoms with E-state index in [4.69, 9.17) is 9.26 Å². The molecule has 1 aromatic carbocycles. The van der Waals surface area contributed by atoms with Crippen LogP contribution < -0.4 is 10.2 Å². The number of pyridine rings is 1. The van der Waals surface area contributed by atoms with Crippen LogP contribution in [0.4, 0.5) is 10.1 Å². The number of fused-ring (bicyclic) bond motifs is 1. The summed E-state index contributed by atoms with van der Waals surface area (Å²) in [5, 5.41) is 8.49. The number of ether oxygens (including phenoxy) is 1. The molecule has 0 amide bonds. The second kappa shape index (κ2) is 8.51. The molecule has 1 N–H and O–H groups in total. The molecule has 4 heterocycles. The number of aryl methyl sites for hydroxylation is 2. The molecule has 3 aromatic rings. The van der Waals surface area contributed by atoms with Gasteiger partial charge in [-0.1, -0.05) is 11.2 Å². The second-order valence-corrected chi connectivity index (χ2v) is 8.52. The molecule has 2 saturated heterocycles. The van der Waals surface area contributed by atoms with Crippen LogP contribution in [0.2, 0.25) is 0 Å². The number of benzene rings is 1. The molecule has 0 radical (unpaired) electrons. The third-order valence-electron chi connectivity index (χ3n) is 6.48. The minimum atomic E-state index is -0.317. The third-order valence-corrected chi connectivity index (χ3v) is 6.48. The number of aromatic nitrogens is 3. The highest BCUT2D eigenvalue weighted by atomic mass is 19.1. The predicted molar refractivity (Wildman–Crippen MR) is 117 cm³/mol. The van der Waals surface area contributed by atoms with Crippen molar-refractivity contribution in [2.75, 3.05) is 31.2 Å². The Morgan fingerprint density at radius 2 is 1.84 bits per heavy atom. The Labute approximate surface area is 181 Å². The van der Waals surface area contributed by atoms with E-state index < -0.39 is 0 Å². The van der Waals surface area contributed by atoms with Gasteiger partial charge in [0.1, 0.15) is 5.52 Å². The molecule has 2 aromatic heterocycles. The molecular formula is C23H28FN5O2. The Hall–Kier alpha value is -2.58. The monoisotopic (exact) mass is 425 g/mol. The van der Waals surface area contributed by atoms with Gasteiger partial charge in [0.15, 0.2) is 11.6 Å². The molecule has 0 saturated carbocycles. The maximum absolute atomic E-state index is 15.8. The quantitative estimate of drug-likeness (QED) is 0.682. The lowest BCUT2D eigenvalue weighted by Crippen LogP contribution is -2.48. The first-order valence-electron chi connectivity index (χ1n) is 11.1. The summed E-state index contributed by atoms with van der Waals surface area (Å²) in [6.45, 7) is 6.93. The van der Waals surface area contributed by atoms with Gasteiger partial charge in [0.25, 0.3) is 5.89 Å². The van der Waals surface area contributed by atoms with E-state index in [9.17, 15) is 0 Å². The summed E-state index contributed by atoms with van der Waals surface area (Å²) in [5.41, 5.74) is 2.49. The van der Waals surface area contributed by atoms with Crippen LogP contribution in [0.25, 0.3) is 22.4 Å². The van der Waals surface area contributed by atoms with Crippen molar-refractivity contribution in [2.45, 2.75) is 51.6 Å². The first kappa shape index (κ1) is 20.3. The van der Waals surface area contributed by atoms with Crippen molar-refractivity contribution in [3.8, 4) is 11.5 Å². The van der Waals surface area contributed by atoms with Gasteiger partial charge in [0.2, 0.25) is 0 Å². The lowest BCUT2D eigenvalue weighted by molar-refractivity contribution is 0.0738. The largest absolute Gasteiger partial charge is 0.381 e. The van der Waals surface area contributed by atoms with Crippen LogP contribution in [0, 0.1) is 19.7 Å². The first-order valence-corrected chi connectivity index (χ1v) is 11.1.